The Morgan fingerprint density at radius 1 is 1.39 bits per heavy atom. The Labute approximate surface area is 113 Å². The van der Waals surface area contributed by atoms with Crippen LogP contribution in [0, 0.1) is 0 Å². The zero-order chi connectivity index (χ0) is 13.6. The van der Waals surface area contributed by atoms with Crippen LogP contribution >= 0.6 is 11.8 Å². The van der Waals surface area contributed by atoms with Gasteiger partial charge >= 0.3 is 5.97 Å². The van der Waals surface area contributed by atoms with Crippen LogP contribution in [0.1, 0.15) is 38.5 Å². The molecule has 1 aliphatic rings. The van der Waals surface area contributed by atoms with Crippen molar-refractivity contribution in [1.82, 2.24) is 4.72 Å². The van der Waals surface area contributed by atoms with Crippen molar-refractivity contribution < 1.29 is 18.3 Å². The van der Waals surface area contributed by atoms with Crippen LogP contribution < -0.4 is 4.72 Å². The molecule has 5 nitrogen and oxygen atoms in total. The van der Waals surface area contributed by atoms with E-state index in [1.54, 1.807) is 0 Å². The standard InChI is InChI=1S/C11H21NO4S2/c1-17-8-7-10(11(13)14)12-18(15,16)9-5-3-2-4-6-9/h9-10,12H,2-8H2,1H3,(H,13,14)/t10-/m1/s1. The molecule has 0 spiro atoms. The summed E-state index contributed by atoms with van der Waals surface area (Å²) in [6.07, 6.45) is 6.37. The van der Waals surface area contributed by atoms with Crippen LogP contribution in [0.5, 0.6) is 0 Å². The van der Waals surface area contributed by atoms with Gasteiger partial charge in [0, 0.05) is 0 Å². The topological polar surface area (TPSA) is 83.5 Å². The molecule has 1 atom stereocenters. The van der Waals surface area contributed by atoms with Crippen molar-refractivity contribution in [1.29, 1.82) is 0 Å². The van der Waals surface area contributed by atoms with Crippen molar-refractivity contribution in [3.63, 3.8) is 0 Å². The van der Waals surface area contributed by atoms with Crippen molar-refractivity contribution in [2.75, 3.05) is 12.0 Å². The predicted octanol–water partition coefficient (Wildman–Crippen LogP) is 1.44. The lowest BCUT2D eigenvalue weighted by molar-refractivity contribution is -0.139. The number of rotatable bonds is 7. The number of sulfonamides is 1. The van der Waals surface area contributed by atoms with E-state index in [1.807, 2.05) is 6.26 Å². The first kappa shape index (κ1) is 15.8. The maximum absolute atomic E-state index is 12.1. The van der Waals surface area contributed by atoms with Gasteiger partial charge in [-0.25, -0.2) is 13.1 Å². The number of carbonyl (C=O) groups is 1. The molecule has 7 heteroatoms. The zero-order valence-corrected chi connectivity index (χ0v) is 12.2. The fraction of sp³-hybridized carbons (Fsp3) is 0.909. The van der Waals surface area contributed by atoms with Gasteiger partial charge in [-0.1, -0.05) is 19.3 Å². The maximum Gasteiger partial charge on any atom is 0.321 e. The third-order valence-corrected chi connectivity index (χ3v) is 5.81. The molecule has 2 N–H and O–H groups in total. The lowest BCUT2D eigenvalue weighted by Gasteiger charge is -2.24. The summed E-state index contributed by atoms with van der Waals surface area (Å²) >= 11 is 1.51. The minimum absolute atomic E-state index is 0.322. The SMILES string of the molecule is CSCC[C@@H](NS(=O)(=O)C1CCCCC1)C(=O)O. The first-order valence-corrected chi connectivity index (χ1v) is 9.14. The van der Waals surface area contributed by atoms with Gasteiger partial charge < -0.3 is 5.11 Å². The molecule has 0 bridgehead atoms. The lowest BCUT2D eigenvalue weighted by atomic mass is 10.0. The van der Waals surface area contributed by atoms with Crippen LogP contribution in [0.2, 0.25) is 0 Å². The molecular formula is C11H21NO4S2. The van der Waals surface area contributed by atoms with Crippen molar-refractivity contribution in [3.05, 3.63) is 0 Å². The first-order valence-electron chi connectivity index (χ1n) is 6.20. The van der Waals surface area contributed by atoms with E-state index in [4.69, 9.17) is 5.11 Å². The molecule has 0 aliphatic heterocycles. The molecular weight excluding hydrogens is 274 g/mol. The third kappa shape index (κ3) is 4.78. The minimum Gasteiger partial charge on any atom is -0.480 e. The highest BCUT2D eigenvalue weighted by atomic mass is 32.2. The summed E-state index contributed by atoms with van der Waals surface area (Å²) in [6, 6.07) is -0.996. The molecule has 1 rings (SSSR count). The van der Waals surface area contributed by atoms with E-state index in [9.17, 15) is 13.2 Å². The number of nitrogens with one attached hydrogen (secondary N) is 1. The average molecular weight is 295 g/mol. The summed E-state index contributed by atoms with van der Waals surface area (Å²) in [5.41, 5.74) is 0. The van der Waals surface area contributed by atoms with Crippen LogP contribution in [-0.4, -0.2) is 42.8 Å². The zero-order valence-electron chi connectivity index (χ0n) is 10.6. The van der Waals surface area contributed by atoms with E-state index in [-0.39, 0.29) is 0 Å². The van der Waals surface area contributed by atoms with Gasteiger partial charge in [0.25, 0.3) is 0 Å². The van der Waals surface area contributed by atoms with Gasteiger partial charge in [-0.15, -0.1) is 0 Å². The highest BCUT2D eigenvalue weighted by Gasteiger charge is 2.31. The van der Waals surface area contributed by atoms with E-state index in [2.05, 4.69) is 4.72 Å². The van der Waals surface area contributed by atoms with Gasteiger partial charge in [0.05, 0.1) is 5.25 Å². The largest absolute Gasteiger partial charge is 0.480 e. The molecule has 18 heavy (non-hydrogen) atoms. The Morgan fingerprint density at radius 2 is 2.00 bits per heavy atom. The summed E-state index contributed by atoms with van der Waals surface area (Å²) < 4.78 is 26.5. The Bertz CT molecular complexity index is 363. The second-order valence-corrected chi connectivity index (χ2v) is 7.57. The molecule has 0 saturated heterocycles. The van der Waals surface area contributed by atoms with Gasteiger partial charge in [-0.2, -0.15) is 11.8 Å². The number of thioether (sulfide) groups is 1. The van der Waals surface area contributed by atoms with Crippen LogP contribution in [0.25, 0.3) is 0 Å². The van der Waals surface area contributed by atoms with E-state index in [0.29, 0.717) is 25.0 Å². The van der Waals surface area contributed by atoms with Gasteiger partial charge in [-0.05, 0) is 31.3 Å². The summed E-state index contributed by atoms with van der Waals surface area (Å²) in [4.78, 5) is 11.0. The number of hydrogen-bond donors (Lipinski definition) is 2. The van der Waals surface area contributed by atoms with E-state index in [0.717, 1.165) is 19.3 Å². The average Bonchev–Trinajstić information content (AvgIpc) is 2.35. The molecule has 1 saturated carbocycles. The van der Waals surface area contributed by atoms with Crippen molar-refractivity contribution in [2.45, 2.75) is 49.8 Å². The second kappa shape index (κ2) is 7.35. The Morgan fingerprint density at radius 3 is 2.50 bits per heavy atom. The fourth-order valence-corrected chi connectivity index (χ4v) is 4.37. The van der Waals surface area contributed by atoms with E-state index in [1.165, 1.54) is 11.8 Å². The molecule has 1 aliphatic carbocycles. The predicted molar refractivity (Wildman–Crippen MR) is 73.4 cm³/mol. The number of carboxylic acids is 1. The molecule has 0 aromatic carbocycles. The molecule has 0 unspecified atom stereocenters. The molecule has 106 valence electrons. The molecule has 0 heterocycles. The van der Waals surface area contributed by atoms with Crippen LogP contribution in [0.3, 0.4) is 0 Å². The number of hydrogen-bond acceptors (Lipinski definition) is 4. The van der Waals surface area contributed by atoms with Crippen molar-refractivity contribution in [2.24, 2.45) is 0 Å². The Balaban J connectivity index is 2.62. The van der Waals surface area contributed by atoms with E-state index >= 15 is 0 Å². The highest BCUT2D eigenvalue weighted by molar-refractivity contribution is 7.98. The molecule has 0 amide bonds. The van der Waals surface area contributed by atoms with Gasteiger partial charge in [0.15, 0.2) is 0 Å². The van der Waals surface area contributed by atoms with Gasteiger partial charge in [0.2, 0.25) is 10.0 Å². The number of carboxylic acid groups (broad SMARTS) is 1. The monoisotopic (exact) mass is 295 g/mol. The van der Waals surface area contributed by atoms with Crippen LogP contribution in [0.4, 0.5) is 0 Å². The summed E-state index contributed by atoms with van der Waals surface area (Å²) in [5.74, 6) is -0.465. The van der Waals surface area contributed by atoms with Gasteiger partial charge in [0.1, 0.15) is 6.04 Å². The summed E-state index contributed by atoms with van der Waals surface area (Å²) in [5, 5.41) is 8.61. The molecule has 0 aromatic rings. The smallest absolute Gasteiger partial charge is 0.321 e. The summed E-state index contributed by atoms with van der Waals surface area (Å²) in [6.45, 7) is 0. The lowest BCUT2D eigenvalue weighted by Crippen LogP contribution is -2.45. The fourth-order valence-electron chi connectivity index (χ4n) is 2.14. The molecule has 1 fully saturated rings. The van der Waals surface area contributed by atoms with Crippen molar-refractivity contribution in [3.8, 4) is 0 Å². The van der Waals surface area contributed by atoms with E-state index < -0.39 is 27.3 Å². The Kier molecular flexibility index (Phi) is 6.45. The highest BCUT2D eigenvalue weighted by Crippen LogP contribution is 2.23. The molecule has 0 radical (unpaired) electrons. The van der Waals surface area contributed by atoms with Crippen LogP contribution in [0.15, 0.2) is 0 Å². The van der Waals surface area contributed by atoms with Gasteiger partial charge in [-0.3, -0.25) is 4.79 Å². The van der Waals surface area contributed by atoms with Crippen molar-refractivity contribution >= 4 is 27.8 Å². The summed E-state index contributed by atoms with van der Waals surface area (Å²) in [7, 11) is -3.50. The third-order valence-electron chi connectivity index (χ3n) is 3.21. The first-order chi connectivity index (χ1) is 8.47. The normalized spacial score (nSPS) is 19.6. The number of aliphatic carboxylic acids is 1. The minimum atomic E-state index is -3.50. The maximum atomic E-state index is 12.1. The Hall–Kier alpha value is -0.270. The molecule has 0 aromatic heterocycles. The quantitative estimate of drug-likeness (QED) is 0.742. The second-order valence-electron chi connectivity index (χ2n) is 4.60. The van der Waals surface area contributed by atoms with Crippen LogP contribution in [-0.2, 0) is 14.8 Å².